The fourth-order valence-corrected chi connectivity index (χ4v) is 7.47. The zero-order valence-corrected chi connectivity index (χ0v) is 17.5. The molecule has 3 heterocycles. The molecular formula is C17H16ClN3O3S3. The Hall–Kier alpha value is -1.52. The van der Waals surface area contributed by atoms with E-state index in [-0.39, 0.29) is 4.21 Å². The van der Waals surface area contributed by atoms with Gasteiger partial charge >= 0.3 is 0 Å². The van der Waals surface area contributed by atoms with Gasteiger partial charge < -0.3 is 4.57 Å². The smallest absolute Gasteiger partial charge is 0.266 e. The van der Waals surface area contributed by atoms with Crippen LogP contribution in [0.3, 0.4) is 0 Å². The molecule has 1 fully saturated rings. The Labute approximate surface area is 169 Å². The van der Waals surface area contributed by atoms with E-state index in [1.54, 1.807) is 6.07 Å². The summed E-state index contributed by atoms with van der Waals surface area (Å²) in [5.41, 5.74) is 0.984. The molecular weight excluding hydrogens is 426 g/mol. The fraction of sp³-hybridized carbons (Fsp3) is 0.294. The lowest BCUT2D eigenvalue weighted by Gasteiger charge is -2.20. The molecule has 142 valence electrons. The van der Waals surface area contributed by atoms with Crippen LogP contribution in [0.5, 0.6) is 0 Å². The van der Waals surface area contributed by atoms with Crippen LogP contribution in [0.1, 0.15) is 12.8 Å². The monoisotopic (exact) mass is 441 g/mol. The van der Waals surface area contributed by atoms with E-state index in [0.29, 0.717) is 28.5 Å². The molecule has 27 heavy (non-hydrogen) atoms. The number of halogens is 1. The minimum atomic E-state index is -3.76. The van der Waals surface area contributed by atoms with E-state index in [9.17, 15) is 13.2 Å². The lowest BCUT2D eigenvalue weighted by atomic mass is 10.2. The lowest BCUT2D eigenvalue weighted by molar-refractivity contribution is -0.121. The number of rotatable bonds is 3. The number of para-hydroxylation sites is 1. The third-order valence-corrected chi connectivity index (χ3v) is 9.24. The Balaban J connectivity index is 1.69. The lowest BCUT2D eigenvalue weighted by Crippen LogP contribution is -2.40. The van der Waals surface area contributed by atoms with Gasteiger partial charge in [-0.05, 0) is 37.1 Å². The normalized spacial score (nSPS) is 19.2. The van der Waals surface area contributed by atoms with Gasteiger partial charge in [0, 0.05) is 13.6 Å². The van der Waals surface area contributed by atoms with Crippen molar-refractivity contribution in [2.75, 3.05) is 6.54 Å². The molecule has 3 aromatic rings. The second kappa shape index (κ2) is 7.14. The summed E-state index contributed by atoms with van der Waals surface area (Å²) in [5.74, 6) is -0.430. The topological polar surface area (TPSA) is 71.7 Å². The summed E-state index contributed by atoms with van der Waals surface area (Å²) in [5, 5.41) is 0. The number of sulfonamides is 1. The maximum absolute atomic E-state index is 12.9. The second-order valence-electron chi connectivity index (χ2n) is 6.19. The van der Waals surface area contributed by atoms with Crippen molar-refractivity contribution >= 4 is 60.4 Å². The first-order valence-corrected chi connectivity index (χ1v) is 11.7. The molecule has 4 rings (SSSR count). The van der Waals surface area contributed by atoms with Crippen LogP contribution in [0.25, 0.3) is 10.2 Å². The number of carbonyl (C=O) groups excluding carboxylic acids is 1. The number of hydrogen-bond acceptors (Lipinski definition) is 5. The molecule has 2 aromatic heterocycles. The van der Waals surface area contributed by atoms with E-state index < -0.39 is 22.0 Å². The van der Waals surface area contributed by atoms with Gasteiger partial charge in [0.2, 0.25) is 0 Å². The molecule has 1 aliphatic rings. The number of thiophene rings is 1. The summed E-state index contributed by atoms with van der Waals surface area (Å²) >= 11 is 8.29. The first-order chi connectivity index (χ1) is 12.9. The molecule has 10 heteroatoms. The summed E-state index contributed by atoms with van der Waals surface area (Å²) in [6.07, 6.45) is 1.10. The third-order valence-electron chi connectivity index (χ3n) is 4.52. The van der Waals surface area contributed by atoms with E-state index in [1.165, 1.54) is 21.7 Å². The first kappa shape index (κ1) is 18.8. The highest BCUT2D eigenvalue weighted by Gasteiger charge is 2.40. The number of nitrogens with zero attached hydrogens (tertiary/aromatic N) is 3. The van der Waals surface area contributed by atoms with Gasteiger partial charge in [-0.1, -0.05) is 35.1 Å². The van der Waals surface area contributed by atoms with Gasteiger partial charge in [-0.2, -0.15) is 9.30 Å². The fourth-order valence-electron chi connectivity index (χ4n) is 3.18. The summed E-state index contributed by atoms with van der Waals surface area (Å²) in [7, 11) is -1.91. The number of aryl methyl sites for hydroxylation is 1. The number of thiazole rings is 1. The third kappa shape index (κ3) is 3.38. The maximum atomic E-state index is 12.9. The minimum absolute atomic E-state index is 0.152. The van der Waals surface area contributed by atoms with Gasteiger partial charge in [0.05, 0.1) is 14.6 Å². The van der Waals surface area contributed by atoms with Crippen LogP contribution in [0.4, 0.5) is 0 Å². The van der Waals surface area contributed by atoms with Crippen LogP contribution < -0.4 is 4.80 Å². The number of aromatic nitrogens is 1. The van der Waals surface area contributed by atoms with Crippen molar-refractivity contribution in [1.82, 2.24) is 8.87 Å². The van der Waals surface area contributed by atoms with E-state index in [0.717, 1.165) is 21.6 Å². The van der Waals surface area contributed by atoms with Crippen molar-refractivity contribution in [3.8, 4) is 0 Å². The zero-order valence-electron chi connectivity index (χ0n) is 14.3. The number of amides is 1. The Morgan fingerprint density at radius 1 is 1.22 bits per heavy atom. The molecule has 1 saturated heterocycles. The number of fused-ring (bicyclic) bond motifs is 1. The van der Waals surface area contributed by atoms with Gasteiger partial charge in [0.25, 0.3) is 15.9 Å². The summed E-state index contributed by atoms with van der Waals surface area (Å²) in [6, 6.07) is 10.0. The van der Waals surface area contributed by atoms with Crippen LogP contribution in [-0.4, -0.2) is 35.8 Å². The Kier molecular flexibility index (Phi) is 4.98. The van der Waals surface area contributed by atoms with Gasteiger partial charge in [0.1, 0.15) is 10.3 Å². The van der Waals surface area contributed by atoms with Gasteiger partial charge in [-0.15, -0.1) is 11.3 Å². The average molecular weight is 442 g/mol. The van der Waals surface area contributed by atoms with Crippen molar-refractivity contribution in [2.24, 2.45) is 12.0 Å². The molecule has 1 atom stereocenters. The van der Waals surface area contributed by atoms with E-state index in [1.807, 2.05) is 35.9 Å². The number of benzene rings is 1. The highest BCUT2D eigenvalue weighted by Crippen LogP contribution is 2.32. The Bertz CT molecular complexity index is 1190. The van der Waals surface area contributed by atoms with Gasteiger partial charge in [0.15, 0.2) is 4.80 Å². The molecule has 0 N–H and O–H groups in total. The summed E-state index contributed by atoms with van der Waals surface area (Å²) < 4.78 is 30.5. The van der Waals surface area contributed by atoms with Crippen molar-refractivity contribution in [2.45, 2.75) is 23.1 Å². The molecule has 1 unspecified atom stereocenters. The van der Waals surface area contributed by atoms with Crippen LogP contribution in [0.15, 0.2) is 45.6 Å². The molecule has 0 bridgehead atoms. The van der Waals surface area contributed by atoms with Gasteiger partial charge in [-0.3, -0.25) is 4.79 Å². The summed E-state index contributed by atoms with van der Waals surface area (Å²) in [4.78, 5) is 17.6. The quantitative estimate of drug-likeness (QED) is 0.626. The highest BCUT2D eigenvalue weighted by atomic mass is 35.5. The molecule has 0 spiro atoms. The molecule has 0 aliphatic carbocycles. The van der Waals surface area contributed by atoms with E-state index in [2.05, 4.69) is 4.99 Å². The van der Waals surface area contributed by atoms with E-state index >= 15 is 0 Å². The minimum Gasteiger partial charge on any atom is -0.319 e. The molecule has 6 nitrogen and oxygen atoms in total. The Morgan fingerprint density at radius 3 is 2.70 bits per heavy atom. The molecule has 0 radical (unpaired) electrons. The molecule has 1 aliphatic heterocycles. The molecule has 1 aromatic carbocycles. The maximum Gasteiger partial charge on any atom is 0.266 e. The van der Waals surface area contributed by atoms with Crippen molar-refractivity contribution < 1.29 is 13.2 Å². The van der Waals surface area contributed by atoms with Crippen LogP contribution in [-0.2, 0) is 21.9 Å². The van der Waals surface area contributed by atoms with Crippen LogP contribution >= 0.6 is 34.3 Å². The van der Waals surface area contributed by atoms with Gasteiger partial charge in [-0.25, -0.2) is 8.42 Å². The molecule has 1 amide bonds. The highest BCUT2D eigenvalue weighted by molar-refractivity contribution is 7.91. The predicted octanol–water partition coefficient (Wildman–Crippen LogP) is 3.24. The van der Waals surface area contributed by atoms with Crippen molar-refractivity contribution in [3.63, 3.8) is 0 Å². The second-order valence-corrected chi connectivity index (χ2v) is 11.0. The predicted molar refractivity (Wildman–Crippen MR) is 108 cm³/mol. The first-order valence-electron chi connectivity index (χ1n) is 8.28. The largest absolute Gasteiger partial charge is 0.319 e. The van der Waals surface area contributed by atoms with Crippen LogP contribution in [0.2, 0.25) is 4.34 Å². The summed E-state index contributed by atoms with van der Waals surface area (Å²) in [6.45, 7) is 0.308. The van der Waals surface area contributed by atoms with Crippen molar-refractivity contribution in [1.29, 1.82) is 0 Å². The SMILES string of the molecule is Cn1c(=NC(=O)C2CCCN2S(=O)(=O)c2ccc(Cl)s2)sc2ccccc21. The Morgan fingerprint density at radius 2 is 2.00 bits per heavy atom. The molecule has 0 saturated carbocycles. The standard InChI is InChI=1S/C17H16ClN3O3S3/c1-20-11-5-2-3-7-13(11)25-17(20)19-16(22)12-6-4-10-21(12)27(23,24)15-9-8-14(18)26-15/h2-3,5,7-9,12H,4,6,10H2,1H3. The average Bonchev–Trinajstić information content (AvgIpc) is 3.35. The number of hydrogen-bond donors (Lipinski definition) is 0. The van der Waals surface area contributed by atoms with Crippen molar-refractivity contribution in [3.05, 3.63) is 45.5 Å². The van der Waals surface area contributed by atoms with Crippen LogP contribution in [0, 0.1) is 0 Å². The zero-order chi connectivity index (χ0) is 19.2. The van der Waals surface area contributed by atoms with E-state index in [4.69, 9.17) is 11.6 Å². The number of carbonyl (C=O) groups is 1.